The molecule has 0 radical (unpaired) electrons. The summed E-state index contributed by atoms with van der Waals surface area (Å²) in [6, 6.07) is 5.70. The number of rotatable bonds is 9. The summed E-state index contributed by atoms with van der Waals surface area (Å²) < 4.78 is 15.9. The molecule has 0 fully saturated rings. The number of nitrogens with one attached hydrogen (secondary N) is 1. The average molecular weight is 282 g/mol. The quantitative estimate of drug-likeness (QED) is 0.706. The summed E-state index contributed by atoms with van der Waals surface area (Å²) in [6.07, 6.45) is 0.903. The zero-order valence-corrected chi connectivity index (χ0v) is 12.9. The van der Waals surface area contributed by atoms with Gasteiger partial charge in [-0.2, -0.15) is 4.98 Å². The van der Waals surface area contributed by atoms with E-state index in [1.165, 1.54) is 0 Å². The lowest BCUT2D eigenvalue weighted by Gasteiger charge is -2.21. The van der Waals surface area contributed by atoms with Crippen LogP contribution in [0.2, 0.25) is 0 Å². The highest BCUT2D eigenvalue weighted by Gasteiger charge is 2.10. The number of nitrogens with zero attached hydrogens (tertiary/aromatic N) is 1. The Morgan fingerprint density at radius 1 is 1.10 bits per heavy atom. The molecule has 114 valence electrons. The minimum absolute atomic E-state index is 0.0178. The molecule has 0 saturated carbocycles. The van der Waals surface area contributed by atoms with Crippen LogP contribution in [0.25, 0.3) is 0 Å². The molecule has 1 aromatic rings. The van der Waals surface area contributed by atoms with E-state index >= 15 is 0 Å². The highest BCUT2D eigenvalue weighted by Crippen LogP contribution is 2.15. The maximum Gasteiger partial charge on any atom is 0.215 e. The van der Waals surface area contributed by atoms with Crippen LogP contribution in [0.1, 0.15) is 27.2 Å². The van der Waals surface area contributed by atoms with E-state index in [0.29, 0.717) is 25.7 Å². The monoisotopic (exact) mass is 282 g/mol. The molecule has 5 nitrogen and oxygen atoms in total. The Balaban J connectivity index is 2.25. The lowest BCUT2D eigenvalue weighted by atomic mass is 10.1. The first-order valence-corrected chi connectivity index (χ1v) is 6.96. The number of pyridine rings is 1. The third kappa shape index (κ3) is 7.96. The zero-order chi connectivity index (χ0) is 14.8. The van der Waals surface area contributed by atoms with E-state index in [1.54, 1.807) is 7.11 Å². The molecule has 0 aliphatic heterocycles. The summed E-state index contributed by atoms with van der Waals surface area (Å²) in [5.41, 5.74) is -0.0178. The van der Waals surface area contributed by atoms with Gasteiger partial charge >= 0.3 is 0 Å². The van der Waals surface area contributed by atoms with E-state index in [2.05, 4.69) is 31.1 Å². The van der Waals surface area contributed by atoms with E-state index in [9.17, 15) is 0 Å². The second kappa shape index (κ2) is 8.76. The fraction of sp³-hybridized carbons (Fsp3) is 0.667. The Morgan fingerprint density at radius 2 is 1.90 bits per heavy atom. The topological polar surface area (TPSA) is 52.6 Å². The van der Waals surface area contributed by atoms with Crippen LogP contribution in [0.4, 0.5) is 5.82 Å². The Morgan fingerprint density at radius 3 is 2.60 bits per heavy atom. The fourth-order valence-corrected chi connectivity index (χ4v) is 1.56. The molecule has 20 heavy (non-hydrogen) atoms. The van der Waals surface area contributed by atoms with Gasteiger partial charge < -0.3 is 19.5 Å². The summed E-state index contributed by atoms with van der Waals surface area (Å²) in [6.45, 7) is 8.75. The highest BCUT2D eigenvalue weighted by atomic mass is 16.5. The Labute approximate surface area is 121 Å². The van der Waals surface area contributed by atoms with Gasteiger partial charge in [0.15, 0.2) is 0 Å². The van der Waals surface area contributed by atoms with E-state index in [1.807, 2.05) is 18.2 Å². The van der Waals surface area contributed by atoms with Crippen LogP contribution in [-0.2, 0) is 9.47 Å². The number of anilines is 1. The largest absolute Gasteiger partial charge is 0.475 e. The molecule has 0 atom stereocenters. The average Bonchev–Trinajstić information content (AvgIpc) is 2.36. The fourth-order valence-electron chi connectivity index (χ4n) is 1.56. The minimum atomic E-state index is -0.0178. The third-order valence-corrected chi connectivity index (χ3v) is 2.34. The Kier molecular flexibility index (Phi) is 7.33. The molecule has 0 amide bonds. The van der Waals surface area contributed by atoms with Gasteiger partial charge in [-0.3, -0.25) is 0 Å². The predicted octanol–water partition coefficient (Wildman–Crippen LogP) is 2.72. The second-order valence-electron chi connectivity index (χ2n) is 5.54. The van der Waals surface area contributed by atoms with Crippen molar-refractivity contribution in [2.75, 3.05) is 38.9 Å². The van der Waals surface area contributed by atoms with Crippen molar-refractivity contribution < 1.29 is 14.2 Å². The van der Waals surface area contributed by atoms with Crippen molar-refractivity contribution in [1.82, 2.24) is 4.98 Å². The summed E-state index contributed by atoms with van der Waals surface area (Å²) in [7, 11) is 1.69. The predicted molar refractivity (Wildman–Crippen MR) is 80.4 cm³/mol. The highest BCUT2D eigenvalue weighted by molar-refractivity contribution is 5.39. The molecular weight excluding hydrogens is 256 g/mol. The molecule has 1 aromatic heterocycles. The van der Waals surface area contributed by atoms with Crippen molar-refractivity contribution in [3.63, 3.8) is 0 Å². The summed E-state index contributed by atoms with van der Waals surface area (Å²) in [5.74, 6) is 1.43. The van der Waals surface area contributed by atoms with Gasteiger partial charge in [-0.05, 0) is 33.3 Å². The first-order chi connectivity index (χ1) is 9.51. The zero-order valence-electron chi connectivity index (χ0n) is 12.9. The van der Waals surface area contributed by atoms with Crippen LogP contribution in [0, 0.1) is 0 Å². The summed E-state index contributed by atoms with van der Waals surface area (Å²) in [4.78, 5) is 4.40. The van der Waals surface area contributed by atoms with Crippen LogP contribution in [-0.4, -0.2) is 44.1 Å². The lowest BCUT2D eigenvalue weighted by molar-refractivity contribution is 0.0796. The number of ether oxygens (including phenoxy) is 3. The molecule has 0 bridgehead atoms. The van der Waals surface area contributed by atoms with E-state index in [4.69, 9.17) is 14.2 Å². The van der Waals surface area contributed by atoms with Crippen LogP contribution in [0.3, 0.4) is 0 Å². The first kappa shape index (κ1) is 16.7. The molecule has 0 aliphatic carbocycles. The maximum absolute atomic E-state index is 5.56. The van der Waals surface area contributed by atoms with E-state index in [-0.39, 0.29) is 5.54 Å². The molecule has 0 unspecified atom stereocenters. The van der Waals surface area contributed by atoms with Gasteiger partial charge in [0.2, 0.25) is 5.88 Å². The molecule has 1 N–H and O–H groups in total. The molecular formula is C15H26N2O3. The molecule has 0 aromatic carbocycles. The van der Waals surface area contributed by atoms with Gasteiger partial charge in [-0.25, -0.2) is 0 Å². The van der Waals surface area contributed by atoms with Crippen molar-refractivity contribution in [2.45, 2.75) is 32.7 Å². The molecule has 1 rings (SSSR count). The first-order valence-electron chi connectivity index (χ1n) is 6.96. The third-order valence-electron chi connectivity index (χ3n) is 2.34. The van der Waals surface area contributed by atoms with Crippen molar-refractivity contribution in [3.05, 3.63) is 18.2 Å². The van der Waals surface area contributed by atoms with Crippen LogP contribution in [0.5, 0.6) is 5.88 Å². The number of methoxy groups -OCH3 is 1. The van der Waals surface area contributed by atoms with Gasteiger partial charge in [0.05, 0.1) is 6.61 Å². The normalized spacial score (nSPS) is 11.4. The maximum atomic E-state index is 5.56. The van der Waals surface area contributed by atoms with Gasteiger partial charge in [0.1, 0.15) is 12.4 Å². The molecule has 5 heteroatoms. The SMILES string of the molecule is COCCCOCCOc1cccc(NC(C)(C)C)n1. The summed E-state index contributed by atoms with van der Waals surface area (Å²) >= 11 is 0. The Hall–Kier alpha value is -1.33. The molecule has 1 heterocycles. The minimum Gasteiger partial charge on any atom is -0.475 e. The van der Waals surface area contributed by atoms with Gasteiger partial charge in [-0.15, -0.1) is 0 Å². The van der Waals surface area contributed by atoms with Crippen LogP contribution < -0.4 is 10.1 Å². The van der Waals surface area contributed by atoms with Crippen LogP contribution >= 0.6 is 0 Å². The van der Waals surface area contributed by atoms with E-state index < -0.39 is 0 Å². The lowest BCUT2D eigenvalue weighted by Crippen LogP contribution is -2.26. The van der Waals surface area contributed by atoms with E-state index in [0.717, 1.165) is 18.8 Å². The van der Waals surface area contributed by atoms with Crippen molar-refractivity contribution in [3.8, 4) is 5.88 Å². The molecule has 0 saturated heterocycles. The van der Waals surface area contributed by atoms with Gasteiger partial charge in [0.25, 0.3) is 0 Å². The number of hydrogen-bond acceptors (Lipinski definition) is 5. The Bertz CT molecular complexity index is 378. The summed E-state index contributed by atoms with van der Waals surface area (Å²) in [5, 5.41) is 3.31. The van der Waals surface area contributed by atoms with Gasteiger partial charge in [-0.1, -0.05) is 6.07 Å². The van der Waals surface area contributed by atoms with Crippen molar-refractivity contribution in [1.29, 1.82) is 0 Å². The molecule has 0 spiro atoms. The number of hydrogen-bond donors (Lipinski definition) is 1. The van der Waals surface area contributed by atoms with Crippen LogP contribution in [0.15, 0.2) is 18.2 Å². The standard InChI is InChI=1S/C15H26N2O3/c1-15(2,3)17-13-7-5-8-14(16-13)20-12-11-19-10-6-9-18-4/h5,7-8H,6,9-12H2,1-4H3,(H,16,17). The second-order valence-corrected chi connectivity index (χ2v) is 5.54. The smallest absolute Gasteiger partial charge is 0.215 e. The van der Waals surface area contributed by atoms with Crippen molar-refractivity contribution >= 4 is 5.82 Å². The number of aromatic nitrogens is 1. The van der Waals surface area contributed by atoms with Gasteiger partial charge in [0, 0.05) is 31.9 Å². The molecule has 0 aliphatic rings. The van der Waals surface area contributed by atoms with Crippen molar-refractivity contribution in [2.24, 2.45) is 0 Å².